The van der Waals surface area contributed by atoms with Crippen molar-refractivity contribution in [2.45, 2.75) is 95.8 Å². The molecule has 1 heterocycles. The Labute approximate surface area is 140 Å². The Balaban J connectivity index is 1.93. The quantitative estimate of drug-likeness (QED) is 0.766. The first-order valence-electron chi connectivity index (χ1n) is 8.97. The monoisotopic (exact) mass is 323 g/mol. The van der Waals surface area contributed by atoms with E-state index in [4.69, 9.17) is 0 Å². The van der Waals surface area contributed by atoms with E-state index in [2.05, 4.69) is 38.3 Å². The molecule has 0 atom stereocenters. The Morgan fingerprint density at radius 1 is 1.00 bits per heavy atom. The zero-order valence-corrected chi connectivity index (χ0v) is 15.4. The van der Waals surface area contributed by atoms with Crippen LogP contribution in [0.15, 0.2) is 0 Å². The molecule has 2 amide bonds. The summed E-state index contributed by atoms with van der Waals surface area (Å²) in [7, 11) is 1.77. The maximum Gasteiger partial charge on any atom is 0.311 e. The number of carbonyl (C=O) groups excluding carboxylic acids is 2. The van der Waals surface area contributed by atoms with Gasteiger partial charge in [0.15, 0.2) is 0 Å². The zero-order valence-electron chi connectivity index (χ0n) is 15.4. The summed E-state index contributed by atoms with van der Waals surface area (Å²) in [6, 6.07) is 0.264. The second-order valence-electron chi connectivity index (χ2n) is 8.68. The minimum atomic E-state index is -0.448. The highest BCUT2D eigenvalue weighted by Crippen LogP contribution is 2.28. The van der Waals surface area contributed by atoms with Gasteiger partial charge in [-0.2, -0.15) is 0 Å². The van der Waals surface area contributed by atoms with E-state index in [1.165, 1.54) is 6.42 Å². The van der Waals surface area contributed by atoms with Crippen molar-refractivity contribution in [3.8, 4) is 0 Å². The first kappa shape index (κ1) is 18.2. The molecule has 1 saturated heterocycles. The molecule has 0 aromatic rings. The van der Waals surface area contributed by atoms with E-state index in [1.54, 1.807) is 11.9 Å². The van der Waals surface area contributed by atoms with Crippen LogP contribution in [0.3, 0.4) is 0 Å². The molecule has 23 heavy (non-hydrogen) atoms. The molecule has 0 aromatic carbocycles. The number of hydrogen-bond donors (Lipinski definition) is 2. The highest BCUT2D eigenvalue weighted by molar-refractivity contribution is 6.35. The second kappa shape index (κ2) is 6.80. The van der Waals surface area contributed by atoms with Crippen LogP contribution in [0.4, 0.5) is 0 Å². The van der Waals surface area contributed by atoms with Crippen molar-refractivity contribution in [3.05, 3.63) is 0 Å². The highest BCUT2D eigenvalue weighted by atomic mass is 16.2. The number of rotatable bonds is 2. The fourth-order valence-electron chi connectivity index (χ4n) is 4.47. The first-order chi connectivity index (χ1) is 10.6. The molecule has 132 valence electrons. The maximum atomic E-state index is 12.4. The lowest BCUT2D eigenvalue weighted by Crippen LogP contribution is -2.63. The van der Waals surface area contributed by atoms with E-state index in [1.807, 2.05) is 0 Å². The van der Waals surface area contributed by atoms with Crippen LogP contribution in [-0.4, -0.2) is 46.9 Å². The summed E-state index contributed by atoms with van der Waals surface area (Å²) in [5.74, 6) is -0.831. The Morgan fingerprint density at radius 3 is 2.04 bits per heavy atom. The van der Waals surface area contributed by atoms with Crippen molar-refractivity contribution in [2.75, 3.05) is 7.05 Å². The van der Waals surface area contributed by atoms with Crippen LogP contribution in [-0.2, 0) is 9.59 Å². The molecule has 1 saturated carbocycles. The first-order valence-corrected chi connectivity index (χ1v) is 8.97. The van der Waals surface area contributed by atoms with Gasteiger partial charge in [-0.25, -0.2) is 0 Å². The summed E-state index contributed by atoms with van der Waals surface area (Å²) in [6.07, 6.45) is 7.25. The third-order valence-corrected chi connectivity index (χ3v) is 5.16. The van der Waals surface area contributed by atoms with E-state index in [0.29, 0.717) is 0 Å². The van der Waals surface area contributed by atoms with E-state index in [9.17, 15) is 9.59 Å². The van der Waals surface area contributed by atoms with Gasteiger partial charge < -0.3 is 15.5 Å². The third-order valence-electron chi connectivity index (χ3n) is 5.16. The Hall–Kier alpha value is -1.10. The van der Waals surface area contributed by atoms with Crippen LogP contribution in [0.2, 0.25) is 0 Å². The van der Waals surface area contributed by atoms with Gasteiger partial charge in [0.1, 0.15) is 0 Å². The molecule has 2 N–H and O–H groups in total. The SMILES string of the molecule is CN(C(=O)C(=O)NC1CC(C)(C)NC(C)(C)C1)C1CCCCC1. The van der Waals surface area contributed by atoms with Crippen LogP contribution in [0.25, 0.3) is 0 Å². The number of amides is 2. The molecule has 1 aliphatic carbocycles. The Bertz CT molecular complexity index is 437. The fraction of sp³-hybridized carbons (Fsp3) is 0.889. The predicted octanol–water partition coefficient (Wildman–Crippen LogP) is 2.20. The van der Waals surface area contributed by atoms with Gasteiger partial charge in [0, 0.05) is 30.2 Å². The van der Waals surface area contributed by atoms with Gasteiger partial charge in [0.25, 0.3) is 0 Å². The summed E-state index contributed by atoms with van der Waals surface area (Å²) < 4.78 is 0. The van der Waals surface area contributed by atoms with Crippen molar-refractivity contribution >= 4 is 11.8 Å². The average Bonchev–Trinajstić information content (AvgIpc) is 2.43. The smallest absolute Gasteiger partial charge is 0.311 e. The lowest BCUT2D eigenvalue weighted by molar-refractivity contribution is -0.147. The molecular formula is C18H33N3O2. The summed E-state index contributed by atoms with van der Waals surface area (Å²) in [5.41, 5.74) is -0.0873. The molecule has 0 unspecified atom stereocenters. The van der Waals surface area contributed by atoms with Gasteiger partial charge in [0.05, 0.1) is 0 Å². The molecule has 2 rings (SSSR count). The largest absolute Gasteiger partial charge is 0.345 e. The molecule has 0 bridgehead atoms. The van der Waals surface area contributed by atoms with Crippen molar-refractivity contribution < 1.29 is 9.59 Å². The minimum Gasteiger partial charge on any atom is -0.345 e. The fourth-order valence-corrected chi connectivity index (χ4v) is 4.47. The van der Waals surface area contributed by atoms with Crippen molar-refractivity contribution in [2.24, 2.45) is 0 Å². The molecule has 2 aliphatic rings. The zero-order chi connectivity index (χ0) is 17.3. The topological polar surface area (TPSA) is 61.4 Å². The molecular weight excluding hydrogens is 290 g/mol. The van der Waals surface area contributed by atoms with E-state index < -0.39 is 5.91 Å². The third kappa shape index (κ3) is 4.93. The standard InChI is InChI=1S/C18H33N3O2/c1-17(2)11-13(12-18(3,4)20-17)19-15(22)16(23)21(5)14-9-7-6-8-10-14/h13-14,20H,6-12H2,1-5H3,(H,19,22). The van der Waals surface area contributed by atoms with Gasteiger partial charge in [-0.3, -0.25) is 9.59 Å². The molecule has 0 aromatic heterocycles. The molecule has 5 nitrogen and oxygen atoms in total. The van der Waals surface area contributed by atoms with Crippen LogP contribution >= 0.6 is 0 Å². The van der Waals surface area contributed by atoms with Crippen LogP contribution < -0.4 is 10.6 Å². The Morgan fingerprint density at radius 2 is 1.52 bits per heavy atom. The summed E-state index contributed by atoms with van der Waals surface area (Å²) in [4.78, 5) is 26.5. The van der Waals surface area contributed by atoms with Crippen molar-refractivity contribution in [1.82, 2.24) is 15.5 Å². The van der Waals surface area contributed by atoms with E-state index >= 15 is 0 Å². The van der Waals surface area contributed by atoms with Crippen LogP contribution in [0.5, 0.6) is 0 Å². The molecule has 0 radical (unpaired) electrons. The van der Waals surface area contributed by atoms with Gasteiger partial charge in [0.2, 0.25) is 0 Å². The molecule has 2 fully saturated rings. The van der Waals surface area contributed by atoms with Crippen molar-refractivity contribution in [1.29, 1.82) is 0 Å². The maximum absolute atomic E-state index is 12.4. The summed E-state index contributed by atoms with van der Waals surface area (Å²) in [6.45, 7) is 8.57. The van der Waals surface area contributed by atoms with Gasteiger partial charge >= 0.3 is 11.8 Å². The van der Waals surface area contributed by atoms with E-state index in [-0.39, 0.29) is 29.1 Å². The number of carbonyl (C=O) groups is 2. The second-order valence-corrected chi connectivity index (χ2v) is 8.68. The Kier molecular flexibility index (Phi) is 5.39. The minimum absolute atomic E-state index is 0.0393. The van der Waals surface area contributed by atoms with E-state index in [0.717, 1.165) is 38.5 Å². The lowest BCUT2D eigenvalue weighted by atomic mass is 9.79. The number of likely N-dealkylation sites (N-methyl/N-ethyl adjacent to an activating group) is 1. The van der Waals surface area contributed by atoms with Crippen LogP contribution in [0, 0.1) is 0 Å². The van der Waals surface area contributed by atoms with Gasteiger partial charge in [-0.15, -0.1) is 0 Å². The van der Waals surface area contributed by atoms with Gasteiger partial charge in [-0.05, 0) is 53.4 Å². The number of piperidine rings is 1. The molecule has 0 spiro atoms. The predicted molar refractivity (Wildman–Crippen MR) is 92.1 cm³/mol. The molecule has 5 heteroatoms. The lowest BCUT2D eigenvalue weighted by Gasteiger charge is -2.46. The average molecular weight is 323 g/mol. The summed E-state index contributed by atoms with van der Waals surface area (Å²) >= 11 is 0. The normalized spacial score (nSPS) is 24.9. The number of nitrogens with one attached hydrogen (secondary N) is 2. The van der Waals surface area contributed by atoms with Gasteiger partial charge in [-0.1, -0.05) is 19.3 Å². The highest BCUT2D eigenvalue weighted by Gasteiger charge is 2.39. The summed E-state index contributed by atoms with van der Waals surface area (Å²) in [5, 5.41) is 6.57. The van der Waals surface area contributed by atoms with Crippen molar-refractivity contribution in [3.63, 3.8) is 0 Å². The number of nitrogens with zero attached hydrogens (tertiary/aromatic N) is 1. The molecule has 1 aliphatic heterocycles. The van der Waals surface area contributed by atoms with Crippen LogP contribution in [0.1, 0.15) is 72.6 Å². The number of hydrogen-bond acceptors (Lipinski definition) is 3.